The molecule has 0 aromatic carbocycles. The van der Waals surface area contributed by atoms with Crippen molar-refractivity contribution in [2.24, 2.45) is 0 Å². The number of halogens is 3. The number of nitrogens with zero attached hydrogens (tertiary/aromatic N) is 1. The van der Waals surface area contributed by atoms with Gasteiger partial charge in [-0.1, -0.05) is 12.2 Å². The predicted molar refractivity (Wildman–Crippen MR) is 60.7 cm³/mol. The van der Waals surface area contributed by atoms with Gasteiger partial charge < -0.3 is 5.32 Å². The number of nitrogens with one attached hydrogen (secondary N) is 2. The van der Waals surface area contributed by atoms with E-state index >= 15 is 0 Å². The molecule has 2 N–H and O–H groups in total. The molecule has 4 nitrogen and oxygen atoms in total. The second-order valence-corrected chi connectivity index (χ2v) is 3.78. The van der Waals surface area contributed by atoms with E-state index in [2.05, 4.69) is 15.5 Å². The number of aromatic nitrogens is 2. The average molecular weight is 261 g/mol. The third-order valence-corrected chi connectivity index (χ3v) is 2.23. The summed E-state index contributed by atoms with van der Waals surface area (Å²) in [6.45, 7) is 3.30. The maximum atomic E-state index is 12.6. The Hall–Kier alpha value is -1.79. The lowest BCUT2D eigenvalue weighted by molar-refractivity contribution is -0.141. The Labute approximate surface area is 102 Å². The molecular formula is C11H14F3N3O. The van der Waals surface area contributed by atoms with Gasteiger partial charge in [-0.3, -0.25) is 9.89 Å². The van der Waals surface area contributed by atoms with Crippen LogP contribution in [0.2, 0.25) is 0 Å². The van der Waals surface area contributed by atoms with Gasteiger partial charge in [0.2, 0.25) is 5.91 Å². The summed E-state index contributed by atoms with van der Waals surface area (Å²) in [6, 6.07) is 0. The normalized spacial score (nSPS) is 12.1. The van der Waals surface area contributed by atoms with Crippen LogP contribution in [-0.4, -0.2) is 22.6 Å². The van der Waals surface area contributed by atoms with Crippen molar-refractivity contribution in [2.45, 2.75) is 26.4 Å². The molecule has 18 heavy (non-hydrogen) atoms. The van der Waals surface area contributed by atoms with Crippen LogP contribution in [0.4, 0.5) is 13.2 Å². The summed E-state index contributed by atoms with van der Waals surface area (Å²) in [5.41, 5.74) is -0.529. The molecule has 0 radical (unpaired) electrons. The molecule has 0 fully saturated rings. The number of aromatic amines is 1. The molecule has 1 aromatic rings. The van der Waals surface area contributed by atoms with Crippen LogP contribution in [-0.2, 0) is 11.0 Å². The van der Waals surface area contributed by atoms with E-state index in [0.717, 1.165) is 0 Å². The molecule has 0 aliphatic heterocycles. The van der Waals surface area contributed by atoms with Crippen molar-refractivity contribution in [1.82, 2.24) is 15.5 Å². The lowest BCUT2D eigenvalue weighted by atomic mass is 10.1. The molecular weight excluding hydrogens is 247 g/mol. The molecule has 0 atom stereocenters. The molecule has 1 rings (SSSR count). The molecule has 1 amide bonds. The Kier molecular flexibility index (Phi) is 4.52. The Morgan fingerprint density at radius 3 is 2.72 bits per heavy atom. The van der Waals surface area contributed by atoms with E-state index in [-0.39, 0.29) is 11.5 Å². The highest BCUT2D eigenvalue weighted by Crippen LogP contribution is 2.32. The van der Waals surface area contributed by atoms with E-state index in [0.29, 0.717) is 18.7 Å². The second kappa shape index (κ2) is 5.70. The predicted octanol–water partition coefficient (Wildman–Crippen LogP) is 2.28. The van der Waals surface area contributed by atoms with E-state index in [1.165, 1.54) is 19.9 Å². The number of alkyl halides is 3. The maximum absolute atomic E-state index is 12.6. The lowest BCUT2D eigenvalue weighted by Crippen LogP contribution is -2.20. The molecule has 0 aliphatic carbocycles. The number of carbonyl (C=O) groups excluding carboxylic acids is 1. The lowest BCUT2D eigenvalue weighted by Gasteiger charge is -2.03. The van der Waals surface area contributed by atoms with Gasteiger partial charge in [0.05, 0.1) is 0 Å². The Bertz CT molecular complexity index is 449. The summed E-state index contributed by atoms with van der Waals surface area (Å²) >= 11 is 0. The average Bonchev–Trinajstić information content (AvgIpc) is 2.59. The number of rotatable bonds is 4. The third-order valence-electron chi connectivity index (χ3n) is 2.23. The summed E-state index contributed by atoms with van der Waals surface area (Å²) in [5.74, 6) is -0.168. The van der Waals surface area contributed by atoms with E-state index in [9.17, 15) is 18.0 Å². The van der Waals surface area contributed by atoms with Crippen molar-refractivity contribution in [1.29, 1.82) is 0 Å². The summed E-state index contributed by atoms with van der Waals surface area (Å²) < 4.78 is 37.7. The van der Waals surface area contributed by atoms with Gasteiger partial charge in [0.15, 0.2) is 5.69 Å². The topological polar surface area (TPSA) is 57.8 Å². The smallest absolute Gasteiger partial charge is 0.356 e. The van der Waals surface area contributed by atoms with Crippen LogP contribution in [0.3, 0.4) is 0 Å². The standard InChI is InChI=1S/C11H14F3N3O/c1-7-9(5-3-4-6-15-8(2)18)10(17-16-7)11(12,13)14/h3,5H,4,6H2,1-2H3,(H,15,18)(H,16,17). The monoisotopic (exact) mass is 261 g/mol. The van der Waals surface area contributed by atoms with E-state index in [1.54, 1.807) is 6.08 Å². The van der Waals surface area contributed by atoms with Crippen molar-refractivity contribution in [3.8, 4) is 0 Å². The molecule has 0 unspecified atom stereocenters. The molecule has 0 saturated heterocycles. The first kappa shape index (κ1) is 14.3. The van der Waals surface area contributed by atoms with Crippen molar-refractivity contribution >= 4 is 12.0 Å². The number of carbonyl (C=O) groups is 1. The number of hydrogen-bond acceptors (Lipinski definition) is 2. The third kappa shape index (κ3) is 3.90. The number of hydrogen-bond donors (Lipinski definition) is 2. The summed E-state index contributed by atoms with van der Waals surface area (Å²) in [6.07, 6.45) is -1.07. The van der Waals surface area contributed by atoms with Gasteiger partial charge in [-0.15, -0.1) is 0 Å². The van der Waals surface area contributed by atoms with Gasteiger partial charge in [0.25, 0.3) is 0 Å². The van der Waals surface area contributed by atoms with Crippen LogP contribution in [0.25, 0.3) is 6.08 Å². The van der Waals surface area contributed by atoms with Gasteiger partial charge in [-0.05, 0) is 13.3 Å². The van der Waals surface area contributed by atoms with E-state index in [4.69, 9.17) is 0 Å². The van der Waals surface area contributed by atoms with Crippen LogP contribution in [0.5, 0.6) is 0 Å². The maximum Gasteiger partial charge on any atom is 0.435 e. The number of amides is 1. The van der Waals surface area contributed by atoms with Gasteiger partial charge in [0.1, 0.15) is 0 Å². The number of H-pyrrole nitrogens is 1. The summed E-state index contributed by atoms with van der Waals surface area (Å²) in [5, 5.41) is 8.10. The van der Waals surface area contributed by atoms with Crippen LogP contribution in [0.1, 0.15) is 30.3 Å². The van der Waals surface area contributed by atoms with Crippen LogP contribution >= 0.6 is 0 Å². The first-order valence-electron chi connectivity index (χ1n) is 5.35. The van der Waals surface area contributed by atoms with E-state index in [1.807, 2.05) is 0 Å². The van der Waals surface area contributed by atoms with Crippen molar-refractivity contribution in [2.75, 3.05) is 6.54 Å². The van der Waals surface area contributed by atoms with Gasteiger partial charge in [-0.25, -0.2) is 0 Å². The zero-order valence-corrected chi connectivity index (χ0v) is 10.1. The fraction of sp³-hybridized carbons (Fsp3) is 0.455. The quantitative estimate of drug-likeness (QED) is 0.817. The second-order valence-electron chi connectivity index (χ2n) is 3.78. The Morgan fingerprint density at radius 2 is 2.17 bits per heavy atom. The van der Waals surface area contributed by atoms with Crippen molar-refractivity contribution in [3.05, 3.63) is 23.0 Å². The van der Waals surface area contributed by atoms with Crippen LogP contribution in [0.15, 0.2) is 6.08 Å². The number of aryl methyl sites for hydroxylation is 1. The molecule has 0 bridgehead atoms. The largest absolute Gasteiger partial charge is 0.435 e. The van der Waals surface area contributed by atoms with Crippen molar-refractivity contribution < 1.29 is 18.0 Å². The fourth-order valence-electron chi connectivity index (χ4n) is 1.39. The van der Waals surface area contributed by atoms with E-state index < -0.39 is 11.9 Å². The van der Waals surface area contributed by atoms with Gasteiger partial charge in [-0.2, -0.15) is 18.3 Å². The first-order chi connectivity index (χ1) is 8.32. The molecule has 7 heteroatoms. The molecule has 0 aliphatic rings. The van der Waals surface area contributed by atoms with Crippen LogP contribution in [0, 0.1) is 6.92 Å². The molecule has 100 valence electrons. The minimum absolute atomic E-state index is 0.0327. The van der Waals surface area contributed by atoms with Crippen LogP contribution < -0.4 is 5.32 Å². The zero-order chi connectivity index (χ0) is 13.8. The molecule has 1 aromatic heterocycles. The minimum atomic E-state index is -4.47. The Morgan fingerprint density at radius 1 is 1.50 bits per heavy atom. The van der Waals surface area contributed by atoms with Crippen molar-refractivity contribution in [3.63, 3.8) is 0 Å². The zero-order valence-electron chi connectivity index (χ0n) is 10.1. The highest BCUT2D eigenvalue weighted by Gasteiger charge is 2.36. The summed E-state index contributed by atoms with van der Waals surface area (Å²) in [4.78, 5) is 10.6. The highest BCUT2D eigenvalue weighted by atomic mass is 19.4. The minimum Gasteiger partial charge on any atom is -0.356 e. The molecule has 1 heterocycles. The molecule has 0 saturated carbocycles. The first-order valence-corrected chi connectivity index (χ1v) is 5.35. The van der Waals surface area contributed by atoms with Gasteiger partial charge >= 0.3 is 6.18 Å². The SMILES string of the molecule is CC(=O)NCCC=Cc1c(C(F)(F)F)n[nH]c1C. The summed E-state index contributed by atoms with van der Waals surface area (Å²) in [7, 11) is 0. The Balaban J connectivity index is 2.69. The molecule has 0 spiro atoms. The fourth-order valence-corrected chi connectivity index (χ4v) is 1.39. The highest BCUT2D eigenvalue weighted by molar-refractivity contribution is 5.72. The van der Waals surface area contributed by atoms with Gasteiger partial charge in [0, 0.05) is 24.7 Å².